The SMILES string of the molecule is N=NN=C(N)[C@@H](N)Cc1ccccc1. The summed E-state index contributed by atoms with van der Waals surface area (Å²) in [6.07, 6.45) is 0.603. The second-order valence-electron chi connectivity index (χ2n) is 2.92. The largest absolute Gasteiger partial charge is 0.384 e. The Morgan fingerprint density at radius 2 is 2.00 bits per heavy atom. The fraction of sp³-hybridized carbons (Fsp3) is 0.222. The molecule has 1 aromatic carbocycles. The molecule has 0 aliphatic carbocycles. The third-order valence-corrected chi connectivity index (χ3v) is 1.84. The number of rotatable bonds is 4. The molecule has 74 valence electrons. The first-order valence-electron chi connectivity index (χ1n) is 4.23. The van der Waals surface area contributed by atoms with Gasteiger partial charge < -0.3 is 11.5 Å². The van der Waals surface area contributed by atoms with Crippen molar-refractivity contribution in [2.45, 2.75) is 12.5 Å². The van der Waals surface area contributed by atoms with Gasteiger partial charge in [-0.1, -0.05) is 35.6 Å². The first kappa shape index (κ1) is 10.3. The van der Waals surface area contributed by atoms with Gasteiger partial charge in [-0.3, -0.25) is 0 Å². The summed E-state index contributed by atoms with van der Waals surface area (Å²) < 4.78 is 0. The van der Waals surface area contributed by atoms with Crippen molar-refractivity contribution < 1.29 is 0 Å². The number of nitrogens with zero attached hydrogens (tertiary/aromatic N) is 2. The summed E-state index contributed by atoms with van der Waals surface area (Å²) in [7, 11) is 0. The average Bonchev–Trinajstić information content (AvgIpc) is 2.19. The number of benzene rings is 1. The molecule has 5 N–H and O–H groups in total. The summed E-state index contributed by atoms with van der Waals surface area (Å²) in [5.41, 5.74) is 18.8. The molecule has 0 heterocycles. The topological polar surface area (TPSA) is 101 Å². The molecule has 0 bridgehead atoms. The van der Waals surface area contributed by atoms with Gasteiger partial charge in [-0.15, -0.1) is 5.10 Å². The van der Waals surface area contributed by atoms with Crippen molar-refractivity contribution in [2.24, 2.45) is 21.8 Å². The van der Waals surface area contributed by atoms with Crippen molar-refractivity contribution in [1.82, 2.24) is 0 Å². The molecule has 5 nitrogen and oxygen atoms in total. The first-order valence-corrected chi connectivity index (χ1v) is 4.23. The standard InChI is InChI=1S/C9H13N5/c10-8(9(11)13-14-12)6-7-4-2-1-3-5-7/h1-5,8H,6,10H2,(H3,11,12,13)/t8-/m0/s1. The summed E-state index contributed by atoms with van der Waals surface area (Å²) in [6.45, 7) is 0. The van der Waals surface area contributed by atoms with E-state index in [2.05, 4.69) is 10.3 Å². The molecule has 5 heteroatoms. The predicted molar refractivity (Wildman–Crippen MR) is 54.9 cm³/mol. The Kier molecular flexibility index (Phi) is 3.75. The molecular formula is C9H13N5. The zero-order valence-electron chi connectivity index (χ0n) is 7.72. The minimum atomic E-state index is -0.383. The Bertz CT molecular complexity index is 319. The highest BCUT2D eigenvalue weighted by Crippen LogP contribution is 2.01. The van der Waals surface area contributed by atoms with E-state index >= 15 is 0 Å². The van der Waals surface area contributed by atoms with Crippen LogP contribution in [0.5, 0.6) is 0 Å². The maximum absolute atomic E-state index is 6.51. The molecular weight excluding hydrogens is 178 g/mol. The van der Waals surface area contributed by atoms with Crippen LogP contribution in [-0.2, 0) is 6.42 Å². The Labute approximate surface area is 82.3 Å². The fourth-order valence-corrected chi connectivity index (χ4v) is 1.10. The summed E-state index contributed by atoms with van der Waals surface area (Å²) in [5, 5.41) is 6.21. The van der Waals surface area contributed by atoms with E-state index < -0.39 is 0 Å². The van der Waals surface area contributed by atoms with Crippen molar-refractivity contribution in [3.63, 3.8) is 0 Å². The van der Waals surface area contributed by atoms with Crippen molar-refractivity contribution in [1.29, 1.82) is 5.53 Å². The van der Waals surface area contributed by atoms with Crippen LogP contribution >= 0.6 is 0 Å². The van der Waals surface area contributed by atoms with Crippen LogP contribution in [0.3, 0.4) is 0 Å². The minimum Gasteiger partial charge on any atom is -0.384 e. The lowest BCUT2D eigenvalue weighted by Gasteiger charge is -2.09. The molecule has 0 saturated heterocycles. The van der Waals surface area contributed by atoms with Crippen LogP contribution in [0.4, 0.5) is 0 Å². The summed E-state index contributed by atoms with van der Waals surface area (Å²) in [5.74, 6) is 0.184. The van der Waals surface area contributed by atoms with E-state index in [1.165, 1.54) is 0 Å². The maximum Gasteiger partial charge on any atom is 0.141 e. The van der Waals surface area contributed by atoms with Crippen molar-refractivity contribution in [3.05, 3.63) is 35.9 Å². The molecule has 0 radical (unpaired) electrons. The highest BCUT2D eigenvalue weighted by atomic mass is 15.3. The van der Waals surface area contributed by atoms with E-state index in [4.69, 9.17) is 17.0 Å². The van der Waals surface area contributed by atoms with Gasteiger partial charge in [0.2, 0.25) is 0 Å². The fourth-order valence-electron chi connectivity index (χ4n) is 1.10. The molecule has 0 aliphatic heterocycles. The van der Waals surface area contributed by atoms with Crippen molar-refractivity contribution >= 4 is 5.84 Å². The van der Waals surface area contributed by atoms with Gasteiger partial charge in [0, 0.05) is 0 Å². The number of hydrogen-bond donors (Lipinski definition) is 3. The summed E-state index contributed by atoms with van der Waals surface area (Å²) in [6, 6.07) is 9.35. The number of nitrogens with two attached hydrogens (primary N) is 2. The molecule has 0 spiro atoms. The molecule has 1 aromatic rings. The first-order chi connectivity index (χ1) is 6.74. The number of hydrogen-bond acceptors (Lipinski definition) is 3. The lowest BCUT2D eigenvalue weighted by atomic mass is 10.1. The van der Waals surface area contributed by atoms with Crippen LogP contribution in [0.25, 0.3) is 0 Å². The highest BCUT2D eigenvalue weighted by molar-refractivity contribution is 5.85. The second-order valence-corrected chi connectivity index (χ2v) is 2.92. The van der Waals surface area contributed by atoms with Crippen LogP contribution in [0.15, 0.2) is 40.7 Å². The molecule has 0 fully saturated rings. The third kappa shape index (κ3) is 2.95. The molecule has 0 aliphatic rings. The van der Waals surface area contributed by atoms with E-state index in [0.29, 0.717) is 6.42 Å². The highest BCUT2D eigenvalue weighted by Gasteiger charge is 2.07. The average molecular weight is 191 g/mol. The summed E-state index contributed by atoms with van der Waals surface area (Å²) >= 11 is 0. The monoisotopic (exact) mass is 191 g/mol. The van der Waals surface area contributed by atoms with E-state index in [-0.39, 0.29) is 11.9 Å². The van der Waals surface area contributed by atoms with E-state index in [0.717, 1.165) is 5.56 Å². The molecule has 0 unspecified atom stereocenters. The van der Waals surface area contributed by atoms with Gasteiger partial charge in [0.05, 0.1) is 6.04 Å². The molecule has 0 amide bonds. The lowest BCUT2D eigenvalue weighted by molar-refractivity contribution is 0.825. The normalized spacial score (nSPS) is 13.6. The van der Waals surface area contributed by atoms with Gasteiger partial charge in [0.15, 0.2) is 0 Å². The van der Waals surface area contributed by atoms with Crippen LogP contribution in [-0.4, -0.2) is 11.9 Å². The van der Waals surface area contributed by atoms with Gasteiger partial charge in [-0.2, -0.15) is 5.53 Å². The molecule has 0 aromatic heterocycles. The molecule has 0 saturated carbocycles. The molecule has 14 heavy (non-hydrogen) atoms. The second kappa shape index (κ2) is 5.08. The van der Waals surface area contributed by atoms with Crippen LogP contribution in [0, 0.1) is 5.53 Å². The van der Waals surface area contributed by atoms with Crippen molar-refractivity contribution in [2.75, 3.05) is 0 Å². The van der Waals surface area contributed by atoms with Gasteiger partial charge in [-0.25, -0.2) is 0 Å². The Hall–Kier alpha value is -1.75. The van der Waals surface area contributed by atoms with E-state index in [1.54, 1.807) is 0 Å². The van der Waals surface area contributed by atoms with E-state index in [1.807, 2.05) is 30.3 Å². The molecule has 1 atom stereocenters. The quantitative estimate of drug-likeness (QED) is 0.284. The van der Waals surface area contributed by atoms with Crippen LogP contribution in [0.2, 0.25) is 0 Å². The van der Waals surface area contributed by atoms with Gasteiger partial charge in [0.25, 0.3) is 0 Å². The molecule has 1 rings (SSSR count). The Balaban J connectivity index is 2.61. The van der Waals surface area contributed by atoms with Crippen LogP contribution in [0.1, 0.15) is 5.56 Å². The maximum atomic E-state index is 6.51. The number of amidine groups is 1. The smallest absolute Gasteiger partial charge is 0.141 e. The van der Waals surface area contributed by atoms with Gasteiger partial charge in [-0.05, 0) is 12.0 Å². The predicted octanol–water partition coefficient (Wildman–Crippen LogP) is 0.860. The zero-order valence-corrected chi connectivity index (χ0v) is 7.72. The van der Waals surface area contributed by atoms with Gasteiger partial charge >= 0.3 is 0 Å². The lowest BCUT2D eigenvalue weighted by Crippen LogP contribution is -2.38. The Morgan fingerprint density at radius 3 is 2.57 bits per heavy atom. The Morgan fingerprint density at radius 1 is 1.36 bits per heavy atom. The number of nitrogens with one attached hydrogen (secondary N) is 1. The van der Waals surface area contributed by atoms with E-state index in [9.17, 15) is 0 Å². The van der Waals surface area contributed by atoms with Crippen molar-refractivity contribution in [3.8, 4) is 0 Å². The minimum absolute atomic E-state index is 0.184. The third-order valence-electron chi connectivity index (χ3n) is 1.84. The van der Waals surface area contributed by atoms with Crippen LogP contribution < -0.4 is 11.5 Å². The van der Waals surface area contributed by atoms with Gasteiger partial charge in [0.1, 0.15) is 5.84 Å². The summed E-state index contributed by atoms with van der Waals surface area (Å²) in [4.78, 5) is 0. The zero-order chi connectivity index (χ0) is 10.4.